The second-order valence-electron chi connectivity index (χ2n) is 3.79. The molecule has 0 aliphatic heterocycles. The maximum absolute atomic E-state index is 9.38. The molecule has 1 aromatic heterocycles. The van der Waals surface area contributed by atoms with Crippen LogP contribution in [0.15, 0.2) is 11.4 Å². The fraction of sp³-hybridized carbons (Fsp3) is 0.667. The Morgan fingerprint density at radius 2 is 2.38 bits per heavy atom. The van der Waals surface area contributed by atoms with Crippen LogP contribution in [0.25, 0.3) is 0 Å². The van der Waals surface area contributed by atoms with Gasteiger partial charge in [-0.2, -0.15) is 0 Å². The number of hydrogen-bond donors (Lipinski definition) is 2. The van der Waals surface area contributed by atoms with E-state index in [2.05, 4.69) is 5.32 Å². The van der Waals surface area contributed by atoms with E-state index in [4.69, 9.17) is 4.74 Å². The molecular weight excluding hydrogens is 222 g/mol. The molecule has 0 amide bonds. The van der Waals surface area contributed by atoms with Gasteiger partial charge in [0.1, 0.15) is 5.75 Å². The molecule has 16 heavy (non-hydrogen) atoms. The molecule has 1 unspecified atom stereocenters. The van der Waals surface area contributed by atoms with Gasteiger partial charge in [0, 0.05) is 6.54 Å². The van der Waals surface area contributed by atoms with Crippen molar-refractivity contribution in [2.75, 3.05) is 13.7 Å². The largest absolute Gasteiger partial charge is 0.496 e. The average molecular weight is 243 g/mol. The van der Waals surface area contributed by atoms with E-state index in [1.807, 2.05) is 18.4 Å². The second-order valence-corrected chi connectivity index (χ2v) is 4.79. The van der Waals surface area contributed by atoms with Crippen LogP contribution in [0.3, 0.4) is 0 Å². The minimum atomic E-state index is -0.141. The number of ether oxygens (including phenoxy) is 1. The number of methoxy groups -OCH3 is 1. The predicted molar refractivity (Wildman–Crippen MR) is 68.1 cm³/mol. The van der Waals surface area contributed by atoms with E-state index in [9.17, 15) is 5.11 Å². The van der Waals surface area contributed by atoms with E-state index in [-0.39, 0.29) is 6.10 Å². The van der Waals surface area contributed by atoms with Crippen LogP contribution in [0, 0.1) is 0 Å². The minimum Gasteiger partial charge on any atom is -0.496 e. The fourth-order valence-corrected chi connectivity index (χ4v) is 2.32. The van der Waals surface area contributed by atoms with Gasteiger partial charge < -0.3 is 15.2 Å². The van der Waals surface area contributed by atoms with Gasteiger partial charge in [-0.3, -0.25) is 0 Å². The maximum Gasteiger partial charge on any atom is 0.134 e. The highest BCUT2D eigenvalue weighted by Crippen LogP contribution is 2.23. The number of aliphatic hydroxyl groups excluding tert-OH is 1. The molecule has 0 radical (unpaired) electrons. The van der Waals surface area contributed by atoms with Gasteiger partial charge >= 0.3 is 0 Å². The Kier molecular flexibility index (Phi) is 6.45. The van der Waals surface area contributed by atoms with Crippen LogP contribution in [0.5, 0.6) is 5.75 Å². The van der Waals surface area contributed by atoms with Gasteiger partial charge in [0.25, 0.3) is 0 Å². The highest BCUT2D eigenvalue weighted by Gasteiger charge is 2.03. The quantitative estimate of drug-likeness (QED) is 0.689. The molecule has 0 aliphatic rings. The van der Waals surface area contributed by atoms with Gasteiger partial charge in [-0.05, 0) is 37.3 Å². The topological polar surface area (TPSA) is 41.5 Å². The Balaban J connectivity index is 2.11. The third-order valence-corrected chi connectivity index (χ3v) is 3.47. The third-order valence-electron chi connectivity index (χ3n) is 2.57. The van der Waals surface area contributed by atoms with E-state index < -0.39 is 0 Å². The van der Waals surface area contributed by atoms with Crippen LogP contribution in [0.4, 0.5) is 0 Å². The highest BCUT2D eigenvalue weighted by atomic mass is 32.1. The predicted octanol–water partition coefficient (Wildman–Crippen LogP) is 2.40. The normalized spacial score (nSPS) is 12.7. The summed E-state index contributed by atoms with van der Waals surface area (Å²) in [6, 6.07) is 1.99. The molecule has 1 atom stereocenters. The maximum atomic E-state index is 9.38. The van der Waals surface area contributed by atoms with Crippen LogP contribution < -0.4 is 10.1 Å². The molecule has 0 aliphatic carbocycles. The van der Waals surface area contributed by atoms with Gasteiger partial charge in [-0.25, -0.2) is 0 Å². The van der Waals surface area contributed by atoms with Crippen molar-refractivity contribution >= 4 is 11.3 Å². The Bertz CT molecular complexity index is 288. The summed E-state index contributed by atoms with van der Waals surface area (Å²) in [4.78, 5) is 1.23. The zero-order chi connectivity index (χ0) is 11.8. The van der Waals surface area contributed by atoms with E-state index in [0.717, 1.165) is 38.1 Å². The molecular formula is C12H21NO2S. The molecule has 0 spiro atoms. The van der Waals surface area contributed by atoms with Crippen molar-refractivity contribution < 1.29 is 9.84 Å². The summed E-state index contributed by atoms with van der Waals surface area (Å²) in [7, 11) is 1.70. The molecule has 92 valence electrons. The van der Waals surface area contributed by atoms with Gasteiger partial charge in [0.05, 0.1) is 18.1 Å². The number of aliphatic hydroxyl groups is 1. The van der Waals surface area contributed by atoms with E-state index >= 15 is 0 Å². The lowest BCUT2D eigenvalue weighted by atomic mass is 10.1. The number of rotatable bonds is 8. The van der Waals surface area contributed by atoms with Gasteiger partial charge in [-0.1, -0.05) is 6.92 Å². The fourth-order valence-electron chi connectivity index (χ4n) is 1.51. The minimum absolute atomic E-state index is 0.141. The Morgan fingerprint density at radius 1 is 1.56 bits per heavy atom. The SMILES string of the molecule is CCC(O)CCCNCc1sccc1OC. The molecule has 0 bridgehead atoms. The summed E-state index contributed by atoms with van der Waals surface area (Å²) in [5.41, 5.74) is 0. The van der Waals surface area contributed by atoms with Crippen molar-refractivity contribution in [3.05, 3.63) is 16.3 Å². The average Bonchev–Trinajstić information content (AvgIpc) is 2.75. The Morgan fingerprint density at radius 3 is 3.06 bits per heavy atom. The van der Waals surface area contributed by atoms with Crippen molar-refractivity contribution in [1.29, 1.82) is 0 Å². The van der Waals surface area contributed by atoms with Crippen LogP contribution in [-0.2, 0) is 6.54 Å². The zero-order valence-electron chi connectivity index (χ0n) is 10.0. The molecule has 0 aromatic carbocycles. The summed E-state index contributed by atoms with van der Waals surface area (Å²) < 4.78 is 5.23. The number of nitrogens with one attached hydrogen (secondary N) is 1. The molecule has 1 aromatic rings. The highest BCUT2D eigenvalue weighted by molar-refractivity contribution is 7.10. The molecule has 0 fully saturated rings. The van der Waals surface area contributed by atoms with E-state index in [1.54, 1.807) is 18.4 Å². The van der Waals surface area contributed by atoms with Crippen molar-refractivity contribution in [3.8, 4) is 5.75 Å². The van der Waals surface area contributed by atoms with Gasteiger partial charge in [0.2, 0.25) is 0 Å². The lowest BCUT2D eigenvalue weighted by molar-refractivity contribution is 0.157. The van der Waals surface area contributed by atoms with Gasteiger partial charge in [0.15, 0.2) is 0 Å². The van der Waals surface area contributed by atoms with Gasteiger partial charge in [-0.15, -0.1) is 11.3 Å². The monoisotopic (exact) mass is 243 g/mol. The van der Waals surface area contributed by atoms with Crippen LogP contribution in [0.2, 0.25) is 0 Å². The summed E-state index contributed by atoms with van der Waals surface area (Å²) in [6.45, 7) is 3.80. The summed E-state index contributed by atoms with van der Waals surface area (Å²) in [5, 5.41) is 14.8. The zero-order valence-corrected chi connectivity index (χ0v) is 10.8. The standard InChI is InChI=1S/C12H21NO2S/c1-3-10(14)5-4-7-13-9-12-11(15-2)6-8-16-12/h6,8,10,13-14H,3-5,7,9H2,1-2H3. The molecule has 0 saturated heterocycles. The summed E-state index contributed by atoms with van der Waals surface area (Å²) in [6.07, 6.45) is 2.60. The molecule has 2 N–H and O–H groups in total. The molecule has 1 heterocycles. The van der Waals surface area contributed by atoms with Crippen molar-refractivity contribution in [2.45, 2.75) is 38.8 Å². The first-order chi connectivity index (χ1) is 7.77. The van der Waals surface area contributed by atoms with Crippen LogP contribution >= 0.6 is 11.3 Å². The van der Waals surface area contributed by atoms with Crippen molar-refractivity contribution in [3.63, 3.8) is 0 Å². The van der Waals surface area contributed by atoms with E-state index in [1.165, 1.54) is 4.88 Å². The lowest BCUT2D eigenvalue weighted by Gasteiger charge is -2.08. The summed E-state index contributed by atoms with van der Waals surface area (Å²) in [5.74, 6) is 0.964. The third kappa shape index (κ3) is 4.51. The Hall–Kier alpha value is -0.580. The van der Waals surface area contributed by atoms with Crippen molar-refractivity contribution in [1.82, 2.24) is 5.32 Å². The lowest BCUT2D eigenvalue weighted by Crippen LogP contribution is -2.16. The van der Waals surface area contributed by atoms with Crippen LogP contribution in [-0.4, -0.2) is 24.9 Å². The Labute approximate surface area is 101 Å². The smallest absolute Gasteiger partial charge is 0.134 e. The molecule has 3 nitrogen and oxygen atoms in total. The first-order valence-electron chi connectivity index (χ1n) is 5.77. The van der Waals surface area contributed by atoms with E-state index in [0.29, 0.717) is 0 Å². The summed E-state index contributed by atoms with van der Waals surface area (Å²) >= 11 is 1.71. The second kappa shape index (κ2) is 7.65. The first-order valence-corrected chi connectivity index (χ1v) is 6.65. The molecule has 4 heteroatoms. The number of hydrogen-bond acceptors (Lipinski definition) is 4. The molecule has 1 rings (SSSR count). The molecule has 0 saturated carbocycles. The van der Waals surface area contributed by atoms with Crippen LogP contribution in [0.1, 0.15) is 31.1 Å². The van der Waals surface area contributed by atoms with Crippen molar-refractivity contribution in [2.24, 2.45) is 0 Å². The number of thiophene rings is 1. The first kappa shape index (κ1) is 13.5.